The van der Waals surface area contributed by atoms with Gasteiger partial charge in [0.15, 0.2) is 0 Å². The maximum Gasteiger partial charge on any atom is 0.349 e. The molecule has 0 saturated carbocycles. The average molecular weight is 437 g/mol. The summed E-state index contributed by atoms with van der Waals surface area (Å²) < 4.78 is 16.2. The van der Waals surface area contributed by atoms with Crippen LogP contribution in [0.4, 0.5) is 5.69 Å². The van der Waals surface area contributed by atoms with E-state index in [0.717, 1.165) is 44.8 Å². The van der Waals surface area contributed by atoms with E-state index >= 15 is 0 Å². The Kier molecular flexibility index (Phi) is 6.87. The highest BCUT2D eigenvalue weighted by atomic mass is 16.5. The molecule has 1 fully saturated rings. The molecule has 0 spiro atoms. The number of rotatable bonds is 7. The summed E-state index contributed by atoms with van der Waals surface area (Å²) >= 11 is 0. The first-order valence-electron chi connectivity index (χ1n) is 10.9. The van der Waals surface area contributed by atoms with Gasteiger partial charge in [0.25, 0.3) is 5.91 Å². The van der Waals surface area contributed by atoms with E-state index in [2.05, 4.69) is 10.2 Å². The van der Waals surface area contributed by atoms with E-state index in [1.54, 1.807) is 19.2 Å². The number of carbonyl (C=O) groups excluding carboxylic acids is 1. The minimum atomic E-state index is -0.667. The van der Waals surface area contributed by atoms with Crippen molar-refractivity contribution < 1.29 is 18.7 Å². The van der Waals surface area contributed by atoms with Crippen LogP contribution in [0.5, 0.6) is 5.75 Å². The van der Waals surface area contributed by atoms with Crippen LogP contribution in [-0.4, -0.2) is 50.8 Å². The van der Waals surface area contributed by atoms with Crippen molar-refractivity contribution in [2.24, 2.45) is 0 Å². The normalized spacial score (nSPS) is 14.4. The minimum Gasteiger partial charge on any atom is -0.496 e. The number of carbonyl (C=O) groups is 1. The summed E-state index contributed by atoms with van der Waals surface area (Å²) in [5.74, 6) is 0.171. The number of ether oxygens (including phenoxy) is 2. The quantitative estimate of drug-likeness (QED) is 0.571. The number of hydrogen-bond donors (Lipinski definition) is 1. The summed E-state index contributed by atoms with van der Waals surface area (Å²) in [7, 11) is 1.58. The minimum absolute atomic E-state index is 0.0267. The molecule has 1 saturated heterocycles. The van der Waals surface area contributed by atoms with Crippen LogP contribution in [-0.2, 0) is 17.6 Å². The first-order valence-corrected chi connectivity index (χ1v) is 10.9. The van der Waals surface area contributed by atoms with Crippen molar-refractivity contribution in [1.82, 2.24) is 4.90 Å². The number of hydrogen-bond acceptors (Lipinski definition) is 6. The van der Waals surface area contributed by atoms with Gasteiger partial charge in [-0.15, -0.1) is 0 Å². The molecule has 7 nitrogen and oxygen atoms in total. The molecule has 1 aliphatic rings. The van der Waals surface area contributed by atoms with E-state index in [1.807, 2.05) is 37.3 Å². The third-order valence-corrected chi connectivity index (χ3v) is 5.81. The van der Waals surface area contributed by atoms with Gasteiger partial charge in [-0.25, -0.2) is 4.79 Å². The fourth-order valence-electron chi connectivity index (χ4n) is 3.97. The van der Waals surface area contributed by atoms with Crippen molar-refractivity contribution in [2.45, 2.75) is 19.8 Å². The van der Waals surface area contributed by atoms with Crippen LogP contribution in [0.25, 0.3) is 11.0 Å². The zero-order valence-corrected chi connectivity index (χ0v) is 18.5. The van der Waals surface area contributed by atoms with Crippen molar-refractivity contribution in [2.75, 3.05) is 45.3 Å². The number of methoxy groups -OCH3 is 1. The number of fused-ring (bicyclic) bond motifs is 1. The second-order valence-corrected chi connectivity index (χ2v) is 7.82. The first-order chi connectivity index (χ1) is 15.6. The molecule has 0 atom stereocenters. The molecular weight excluding hydrogens is 408 g/mol. The molecule has 0 bridgehead atoms. The molecule has 168 valence electrons. The Hall–Kier alpha value is -3.16. The molecule has 1 aromatic heterocycles. The molecule has 2 heterocycles. The lowest BCUT2D eigenvalue weighted by atomic mass is 10.1. The SMILES string of the molecule is CCc1c(OC)ccc2cc(C(=O)Nc3ccc(CCN4CCOCC4)cc3)c(=O)oc12. The van der Waals surface area contributed by atoms with Crippen LogP contribution >= 0.6 is 0 Å². The van der Waals surface area contributed by atoms with E-state index in [0.29, 0.717) is 28.8 Å². The van der Waals surface area contributed by atoms with Crippen molar-refractivity contribution in [3.63, 3.8) is 0 Å². The molecule has 2 aromatic carbocycles. The number of nitrogens with zero attached hydrogens (tertiary/aromatic N) is 1. The molecule has 1 N–H and O–H groups in total. The molecule has 0 unspecified atom stereocenters. The molecule has 1 amide bonds. The van der Waals surface area contributed by atoms with Gasteiger partial charge in [-0.05, 0) is 48.7 Å². The van der Waals surface area contributed by atoms with Crippen LogP contribution in [0.15, 0.2) is 51.7 Å². The fraction of sp³-hybridized carbons (Fsp3) is 0.360. The smallest absolute Gasteiger partial charge is 0.349 e. The summed E-state index contributed by atoms with van der Waals surface area (Å²) in [6.07, 6.45) is 1.58. The Bertz CT molecular complexity index is 1150. The standard InChI is InChI=1S/C25H28N2O5/c1-3-20-22(30-2)9-6-18-16-21(25(29)32-23(18)20)24(28)26-19-7-4-17(5-8-19)10-11-27-12-14-31-15-13-27/h4-9,16H,3,10-15H2,1-2H3,(H,26,28). The predicted octanol–water partition coefficient (Wildman–Crippen LogP) is 3.49. The maximum absolute atomic E-state index is 12.8. The van der Waals surface area contributed by atoms with Crippen molar-refractivity contribution in [1.29, 1.82) is 0 Å². The van der Waals surface area contributed by atoms with Gasteiger partial charge in [-0.1, -0.05) is 19.1 Å². The van der Waals surface area contributed by atoms with Gasteiger partial charge in [-0.2, -0.15) is 0 Å². The summed E-state index contributed by atoms with van der Waals surface area (Å²) in [4.78, 5) is 27.7. The van der Waals surface area contributed by atoms with Crippen LogP contribution in [0, 0.1) is 0 Å². The Labute approximate surface area is 186 Å². The highest BCUT2D eigenvalue weighted by Gasteiger charge is 2.17. The van der Waals surface area contributed by atoms with Gasteiger partial charge in [0, 0.05) is 36.3 Å². The Morgan fingerprint density at radius 3 is 2.56 bits per heavy atom. The van der Waals surface area contributed by atoms with Crippen LogP contribution < -0.4 is 15.7 Å². The molecule has 32 heavy (non-hydrogen) atoms. The second kappa shape index (κ2) is 9.97. The lowest BCUT2D eigenvalue weighted by molar-refractivity contribution is 0.0384. The number of benzene rings is 2. The van der Waals surface area contributed by atoms with Crippen LogP contribution in [0.3, 0.4) is 0 Å². The van der Waals surface area contributed by atoms with E-state index in [1.165, 1.54) is 5.56 Å². The number of anilines is 1. The second-order valence-electron chi connectivity index (χ2n) is 7.82. The lowest BCUT2D eigenvalue weighted by Crippen LogP contribution is -2.37. The maximum atomic E-state index is 12.8. The first kappa shape index (κ1) is 22.0. The zero-order valence-electron chi connectivity index (χ0n) is 18.5. The molecule has 7 heteroatoms. The Morgan fingerprint density at radius 2 is 1.88 bits per heavy atom. The Morgan fingerprint density at radius 1 is 1.12 bits per heavy atom. The summed E-state index contributed by atoms with van der Waals surface area (Å²) in [5.41, 5.74) is 2.40. The number of aryl methyl sites for hydroxylation is 1. The highest BCUT2D eigenvalue weighted by molar-refractivity contribution is 6.05. The summed E-state index contributed by atoms with van der Waals surface area (Å²) in [5, 5.41) is 3.48. The van der Waals surface area contributed by atoms with E-state index in [4.69, 9.17) is 13.9 Å². The van der Waals surface area contributed by atoms with Crippen molar-refractivity contribution >= 4 is 22.6 Å². The highest BCUT2D eigenvalue weighted by Crippen LogP contribution is 2.28. The van der Waals surface area contributed by atoms with Gasteiger partial charge in [0.05, 0.1) is 20.3 Å². The van der Waals surface area contributed by atoms with Gasteiger partial charge in [0.2, 0.25) is 0 Å². The number of morpholine rings is 1. The van der Waals surface area contributed by atoms with Gasteiger partial charge in [-0.3, -0.25) is 9.69 Å². The van der Waals surface area contributed by atoms with Crippen molar-refractivity contribution in [3.8, 4) is 5.75 Å². The summed E-state index contributed by atoms with van der Waals surface area (Å²) in [6.45, 7) is 6.46. The van der Waals surface area contributed by atoms with Crippen LogP contribution in [0.2, 0.25) is 0 Å². The number of nitrogens with one attached hydrogen (secondary N) is 1. The monoisotopic (exact) mass is 436 g/mol. The Balaban J connectivity index is 1.46. The van der Waals surface area contributed by atoms with Gasteiger partial charge in [0.1, 0.15) is 16.9 Å². The molecule has 3 aromatic rings. The molecule has 0 radical (unpaired) electrons. The molecule has 0 aliphatic carbocycles. The molecule has 1 aliphatic heterocycles. The largest absolute Gasteiger partial charge is 0.496 e. The van der Waals surface area contributed by atoms with E-state index in [9.17, 15) is 9.59 Å². The van der Waals surface area contributed by atoms with Crippen LogP contribution in [0.1, 0.15) is 28.4 Å². The third-order valence-electron chi connectivity index (χ3n) is 5.81. The molecular formula is C25H28N2O5. The van der Waals surface area contributed by atoms with Gasteiger partial charge < -0.3 is 19.2 Å². The van der Waals surface area contributed by atoms with E-state index < -0.39 is 11.5 Å². The summed E-state index contributed by atoms with van der Waals surface area (Å²) in [6, 6.07) is 12.9. The lowest BCUT2D eigenvalue weighted by Gasteiger charge is -2.26. The topological polar surface area (TPSA) is 81.0 Å². The van der Waals surface area contributed by atoms with E-state index in [-0.39, 0.29) is 5.56 Å². The van der Waals surface area contributed by atoms with Gasteiger partial charge >= 0.3 is 5.63 Å². The third kappa shape index (κ3) is 4.84. The molecule has 4 rings (SSSR count). The average Bonchev–Trinajstić information content (AvgIpc) is 2.83. The van der Waals surface area contributed by atoms with Crippen molar-refractivity contribution in [3.05, 3.63) is 69.6 Å². The predicted molar refractivity (Wildman–Crippen MR) is 124 cm³/mol. The fourth-order valence-corrected chi connectivity index (χ4v) is 3.97. The zero-order chi connectivity index (χ0) is 22.5. The number of amides is 1.